The van der Waals surface area contributed by atoms with Crippen LogP contribution in [-0.4, -0.2) is 27.2 Å². The number of halogens is 2. The third-order valence-electron chi connectivity index (χ3n) is 1.42. The summed E-state index contributed by atoms with van der Waals surface area (Å²) in [5, 5.41) is 8.22. The van der Waals surface area contributed by atoms with Crippen LogP contribution in [0, 0.1) is 0 Å². The van der Waals surface area contributed by atoms with E-state index in [-0.39, 0.29) is 12.4 Å². The van der Waals surface area contributed by atoms with Crippen molar-refractivity contribution in [1.82, 2.24) is 9.55 Å². The van der Waals surface area contributed by atoms with E-state index in [1.165, 1.54) is 6.20 Å². The molecule has 0 atom stereocenters. The molecule has 1 rings (SSSR count). The Morgan fingerprint density at radius 1 is 1.71 bits per heavy atom. The van der Waals surface area contributed by atoms with E-state index in [9.17, 15) is 13.6 Å². The van der Waals surface area contributed by atoms with Crippen LogP contribution in [0.4, 0.5) is 8.78 Å². The second kappa shape index (κ2) is 4.66. The van der Waals surface area contributed by atoms with Crippen LogP contribution in [0.3, 0.4) is 0 Å². The summed E-state index contributed by atoms with van der Waals surface area (Å²) in [5.74, 6) is -1.15. The van der Waals surface area contributed by atoms with Gasteiger partial charge in [-0.3, -0.25) is 4.57 Å². The fourth-order valence-electron chi connectivity index (χ4n) is 0.863. The van der Waals surface area contributed by atoms with Gasteiger partial charge in [-0.15, -0.1) is 0 Å². The number of imidazole rings is 1. The van der Waals surface area contributed by atoms with Crippen molar-refractivity contribution in [2.45, 2.75) is 13.2 Å². The minimum Gasteiger partial charge on any atom is -0.480 e. The van der Waals surface area contributed by atoms with Gasteiger partial charge in [0.25, 0.3) is 0 Å². The zero-order valence-corrected chi connectivity index (χ0v) is 7.06. The lowest BCUT2D eigenvalue weighted by Gasteiger charge is -2.05. The summed E-state index contributed by atoms with van der Waals surface area (Å²) in [7, 11) is 0. The minimum atomic E-state index is -2.69. The molecule has 0 amide bonds. The van der Waals surface area contributed by atoms with Crippen molar-refractivity contribution in [1.29, 1.82) is 0 Å². The van der Waals surface area contributed by atoms with Crippen molar-refractivity contribution >= 4 is 5.97 Å². The molecule has 0 saturated carbocycles. The third-order valence-corrected chi connectivity index (χ3v) is 1.42. The highest BCUT2D eigenvalue weighted by Crippen LogP contribution is 2.12. The summed E-state index contributed by atoms with van der Waals surface area (Å²) in [4.78, 5) is 13.6. The Bertz CT molecular complexity index is 314. The molecule has 1 aromatic rings. The molecule has 78 valence electrons. The molecule has 0 aliphatic rings. The molecule has 0 bridgehead atoms. The van der Waals surface area contributed by atoms with Gasteiger partial charge in [0.05, 0.1) is 0 Å². The molecule has 0 spiro atoms. The van der Waals surface area contributed by atoms with E-state index in [0.29, 0.717) is 4.57 Å². The fourth-order valence-corrected chi connectivity index (χ4v) is 0.863. The van der Waals surface area contributed by atoms with Crippen LogP contribution >= 0.6 is 0 Å². The van der Waals surface area contributed by atoms with Crippen LogP contribution in [0.5, 0.6) is 0 Å². The van der Waals surface area contributed by atoms with Crippen LogP contribution in [0.1, 0.15) is 12.4 Å². The maximum absolute atomic E-state index is 12.2. The standard InChI is InChI=1S/C7H8F2N2O3/c8-7(9)11-2-1-10-5(11)3-14-4-6(12)13/h1-2,7H,3-4H2,(H,12,13). The molecule has 14 heavy (non-hydrogen) atoms. The third kappa shape index (κ3) is 2.77. The number of alkyl halides is 2. The number of hydrogen-bond donors (Lipinski definition) is 1. The monoisotopic (exact) mass is 206 g/mol. The summed E-state index contributed by atoms with van der Waals surface area (Å²) < 4.78 is 29.6. The molecule has 5 nitrogen and oxygen atoms in total. The van der Waals surface area contributed by atoms with Gasteiger partial charge in [-0.25, -0.2) is 9.78 Å². The van der Waals surface area contributed by atoms with Gasteiger partial charge in [0.1, 0.15) is 19.0 Å². The average molecular weight is 206 g/mol. The van der Waals surface area contributed by atoms with Crippen molar-refractivity contribution in [2.75, 3.05) is 6.61 Å². The van der Waals surface area contributed by atoms with Gasteiger partial charge in [-0.2, -0.15) is 8.78 Å². The van der Waals surface area contributed by atoms with Crippen molar-refractivity contribution in [2.24, 2.45) is 0 Å². The summed E-state index contributed by atoms with van der Waals surface area (Å²) in [5.41, 5.74) is 0. The normalized spacial score (nSPS) is 10.8. The number of hydrogen-bond acceptors (Lipinski definition) is 3. The summed E-state index contributed by atoms with van der Waals surface area (Å²) in [6.07, 6.45) is 2.30. The molecule has 0 unspecified atom stereocenters. The van der Waals surface area contributed by atoms with Gasteiger partial charge in [-0.05, 0) is 0 Å². The van der Waals surface area contributed by atoms with E-state index in [0.717, 1.165) is 6.20 Å². The van der Waals surface area contributed by atoms with E-state index in [4.69, 9.17) is 5.11 Å². The number of carboxylic acid groups (broad SMARTS) is 1. The highest BCUT2D eigenvalue weighted by atomic mass is 19.3. The average Bonchev–Trinajstić information content (AvgIpc) is 2.51. The molecule has 1 heterocycles. The largest absolute Gasteiger partial charge is 0.480 e. The molecular weight excluding hydrogens is 198 g/mol. The van der Waals surface area contributed by atoms with E-state index < -0.39 is 19.1 Å². The van der Waals surface area contributed by atoms with Gasteiger partial charge in [0.15, 0.2) is 0 Å². The Kier molecular flexibility index (Phi) is 3.52. The molecule has 0 radical (unpaired) electrons. The summed E-state index contributed by atoms with van der Waals surface area (Å²) in [6, 6.07) is 0. The lowest BCUT2D eigenvalue weighted by molar-refractivity contribution is -0.142. The van der Waals surface area contributed by atoms with Crippen LogP contribution < -0.4 is 0 Å². The van der Waals surface area contributed by atoms with Crippen LogP contribution in [-0.2, 0) is 16.1 Å². The Morgan fingerprint density at radius 3 is 3.00 bits per heavy atom. The zero-order chi connectivity index (χ0) is 10.6. The summed E-state index contributed by atoms with van der Waals surface area (Å²) >= 11 is 0. The van der Waals surface area contributed by atoms with Crippen molar-refractivity contribution in [3.63, 3.8) is 0 Å². The number of carbonyl (C=O) groups is 1. The van der Waals surface area contributed by atoms with Gasteiger partial charge in [0.2, 0.25) is 0 Å². The van der Waals surface area contributed by atoms with Crippen molar-refractivity contribution < 1.29 is 23.4 Å². The Morgan fingerprint density at radius 2 is 2.43 bits per heavy atom. The SMILES string of the molecule is O=C(O)COCc1nccn1C(F)F. The fraction of sp³-hybridized carbons (Fsp3) is 0.429. The van der Waals surface area contributed by atoms with E-state index in [1.54, 1.807) is 0 Å². The maximum atomic E-state index is 12.2. The van der Waals surface area contributed by atoms with Gasteiger partial charge < -0.3 is 9.84 Å². The predicted molar refractivity (Wildman–Crippen MR) is 40.8 cm³/mol. The summed E-state index contributed by atoms with van der Waals surface area (Å²) in [6.45, 7) is -3.47. The van der Waals surface area contributed by atoms with E-state index in [2.05, 4.69) is 9.72 Å². The molecule has 7 heteroatoms. The van der Waals surface area contributed by atoms with Crippen LogP contribution in [0.15, 0.2) is 12.4 Å². The molecule has 0 aliphatic carbocycles. The lowest BCUT2D eigenvalue weighted by Crippen LogP contribution is -2.10. The first-order chi connectivity index (χ1) is 6.61. The topological polar surface area (TPSA) is 64.3 Å². The first-order valence-electron chi connectivity index (χ1n) is 3.70. The zero-order valence-electron chi connectivity index (χ0n) is 7.06. The van der Waals surface area contributed by atoms with E-state index >= 15 is 0 Å². The number of rotatable bonds is 5. The number of aromatic nitrogens is 2. The molecule has 0 fully saturated rings. The van der Waals surface area contributed by atoms with Gasteiger partial charge >= 0.3 is 12.5 Å². The van der Waals surface area contributed by atoms with Gasteiger partial charge in [-0.1, -0.05) is 0 Å². The molecule has 0 saturated heterocycles. The number of aliphatic carboxylic acids is 1. The Labute approximate surface area is 77.9 Å². The van der Waals surface area contributed by atoms with Crippen LogP contribution in [0.2, 0.25) is 0 Å². The molecule has 1 N–H and O–H groups in total. The molecule has 0 aromatic carbocycles. The van der Waals surface area contributed by atoms with Crippen molar-refractivity contribution in [3.8, 4) is 0 Å². The number of carboxylic acids is 1. The predicted octanol–water partition coefficient (Wildman–Crippen LogP) is 0.879. The second-order valence-corrected chi connectivity index (χ2v) is 2.41. The van der Waals surface area contributed by atoms with Crippen LogP contribution in [0.25, 0.3) is 0 Å². The smallest absolute Gasteiger partial charge is 0.329 e. The molecule has 0 aliphatic heterocycles. The highest BCUT2D eigenvalue weighted by molar-refractivity contribution is 5.67. The Balaban J connectivity index is 2.50. The maximum Gasteiger partial charge on any atom is 0.329 e. The van der Waals surface area contributed by atoms with E-state index in [1.807, 2.05) is 0 Å². The first-order valence-corrected chi connectivity index (χ1v) is 3.70. The van der Waals surface area contributed by atoms with Gasteiger partial charge in [0, 0.05) is 12.4 Å². The molecule has 1 aromatic heterocycles. The minimum absolute atomic E-state index is 0.00116. The number of ether oxygens (including phenoxy) is 1. The molecular formula is C7H8F2N2O3. The highest BCUT2D eigenvalue weighted by Gasteiger charge is 2.11. The first kappa shape index (κ1) is 10.6. The lowest BCUT2D eigenvalue weighted by atomic mass is 10.6. The quantitative estimate of drug-likeness (QED) is 0.776. The second-order valence-electron chi connectivity index (χ2n) is 2.41. The van der Waals surface area contributed by atoms with Crippen molar-refractivity contribution in [3.05, 3.63) is 18.2 Å². The number of nitrogens with zero attached hydrogens (tertiary/aromatic N) is 2. The Hall–Kier alpha value is -1.50.